The number of benzene rings is 7. The summed E-state index contributed by atoms with van der Waals surface area (Å²) in [5, 5.41) is 5.66. The zero-order valence-electron chi connectivity index (χ0n) is 27.1. The van der Waals surface area contributed by atoms with Crippen LogP contribution in [0.15, 0.2) is 164 Å². The highest BCUT2D eigenvalue weighted by atomic mass is 28.3. The Morgan fingerprint density at radius 2 is 1.10 bits per heavy atom. The van der Waals surface area contributed by atoms with Gasteiger partial charge in [-0.3, -0.25) is 0 Å². The minimum Gasteiger partial charge on any atom is -0.312 e. The van der Waals surface area contributed by atoms with Crippen LogP contribution in [-0.2, 0) is 0 Å². The molecule has 1 aromatic heterocycles. The SMILES string of the molecule is C[Si]1(C)c2ccccc2B2c3ccccc3N(c3cccc(-c4ccc5c(c4)c4ccccc4n5-c4ccccc4)c3)c3cccc1c32. The van der Waals surface area contributed by atoms with Gasteiger partial charge in [0, 0.05) is 33.5 Å². The second-order valence-corrected chi connectivity index (χ2v) is 18.1. The summed E-state index contributed by atoms with van der Waals surface area (Å²) in [5.41, 5.74) is 14.2. The lowest BCUT2D eigenvalue weighted by Gasteiger charge is -2.44. The van der Waals surface area contributed by atoms with Crippen molar-refractivity contribution in [2.45, 2.75) is 13.1 Å². The van der Waals surface area contributed by atoms with Gasteiger partial charge in [-0.25, -0.2) is 0 Å². The number of anilines is 3. The van der Waals surface area contributed by atoms with Crippen molar-refractivity contribution in [3.05, 3.63) is 164 Å². The molecule has 0 unspecified atom stereocenters. The lowest BCUT2D eigenvalue weighted by Crippen LogP contribution is -2.77. The zero-order chi connectivity index (χ0) is 32.0. The normalized spacial score (nSPS) is 14.1. The van der Waals surface area contributed by atoms with E-state index in [1.807, 2.05) is 0 Å². The summed E-state index contributed by atoms with van der Waals surface area (Å²) in [6.07, 6.45) is 0. The Morgan fingerprint density at radius 1 is 0.458 bits per heavy atom. The molecule has 0 bridgehead atoms. The van der Waals surface area contributed by atoms with Crippen LogP contribution in [0.2, 0.25) is 13.1 Å². The van der Waals surface area contributed by atoms with E-state index in [4.69, 9.17) is 0 Å². The van der Waals surface area contributed by atoms with Crippen molar-refractivity contribution in [1.29, 1.82) is 0 Å². The van der Waals surface area contributed by atoms with Gasteiger partial charge in [-0.05, 0) is 76.6 Å². The topological polar surface area (TPSA) is 8.17 Å². The fraction of sp³-hybridized carbons (Fsp3) is 0.0455. The van der Waals surface area contributed by atoms with Crippen LogP contribution in [0.3, 0.4) is 0 Å². The summed E-state index contributed by atoms with van der Waals surface area (Å²) in [6, 6.07) is 60.9. The maximum absolute atomic E-state index is 2.52. The predicted molar refractivity (Wildman–Crippen MR) is 209 cm³/mol. The molecule has 2 nitrogen and oxygen atoms in total. The van der Waals surface area contributed by atoms with E-state index >= 15 is 0 Å². The molecule has 0 fully saturated rings. The molecule has 8 aromatic rings. The maximum atomic E-state index is 2.52. The molecule has 0 aliphatic carbocycles. The van der Waals surface area contributed by atoms with Crippen molar-refractivity contribution in [3.63, 3.8) is 0 Å². The van der Waals surface area contributed by atoms with E-state index in [-0.39, 0.29) is 6.71 Å². The predicted octanol–water partition coefficient (Wildman–Crippen LogP) is 7.89. The van der Waals surface area contributed by atoms with Gasteiger partial charge >= 0.3 is 0 Å². The second-order valence-electron chi connectivity index (χ2n) is 13.7. The van der Waals surface area contributed by atoms with E-state index in [0.717, 1.165) is 0 Å². The summed E-state index contributed by atoms with van der Waals surface area (Å²) < 4.78 is 2.38. The Morgan fingerprint density at radius 3 is 2.00 bits per heavy atom. The Labute approximate surface area is 282 Å². The van der Waals surface area contributed by atoms with E-state index in [9.17, 15) is 0 Å². The number of hydrogen-bond donors (Lipinski definition) is 0. The Balaban J connectivity index is 1.16. The molecule has 0 radical (unpaired) electrons. The molecule has 0 atom stereocenters. The molecule has 0 spiro atoms. The zero-order valence-corrected chi connectivity index (χ0v) is 28.1. The number of nitrogens with zero attached hydrogens (tertiary/aromatic N) is 2. The summed E-state index contributed by atoms with van der Waals surface area (Å²) in [4.78, 5) is 2.52. The van der Waals surface area contributed by atoms with E-state index in [1.165, 1.54) is 72.1 Å². The summed E-state index contributed by atoms with van der Waals surface area (Å²) in [6.45, 7) is 5.29. The maximum Gasteiger partial charge on any atom is 0.246 e. The third-order valence-electron chi connectivity index (χ3n) is 10.8. The van der Waals surface area contributed by atoms with Crippen molar-refractivity contribution < 1.29 is 0 Å². The van der Waals surface area contributed by atoms with Crippen LogP contribution in [0.25, 0.3) is 38.6 Å². The van der Waals surface area contributed by atoms with Gasteiger partial charge in [-0.15, -0.1) is 0 Å². The molecule has 0 N–H and O–H groups in total. The van der Waals surface area contributed by atoms with Gasteiger partial charge in [0.2, 0.25) is 6.71 Å². The highest BCUT2D eigenvalue weighted by Crippen LogP contribution is 2.39. The summed E-state index contributed by atoms with van der Waals surface area (Å²) in [7, 11) is -1.90. The molecule has 0 saturated heterocycles. The number of aromatic nitrogens is 1. The van der Waals surface area contributed by atoms with Crippen molar-refractivity contribution in [2.24, 2.45) is 0 Å². The van der Waals surface area contributed by atoms with Crippen LogP contribution < -0.4 is 31.7 Å². The third kappa shape index (κ3) is 3.81. The van der Waals surface area contributed by atoms with Crippen molar-refractivity contribution >= 4 is 80.4 Å². The number of para-hydroxylation sites is 3. The van der Waals surface area contributed by atoms with Gasteiger partial charge in [0.05, 0.1) is 11.0 Å². The molecule has 10 rings (SSSR count). The third-order valence-corrected chi connectivity index (χ3v) is 14.4. The van der Waals surface area contributed by atoms with E-state index in [2.05, 4.69) is 186 Å². The molecular weight excluding hydrogens is 595 g/mol. The first kappa shape index (κ1) is 27.5. The van der Waals surface area contributed by atoms with Crippen molar-refractivity contribution in [3.8, 4) is 16.8 Å². The van der Waals surface area contributed by atoms with Crippen LogP contribution in [0.5, 0.6) is 0 Å². The van der Waals surface area contributed by atoms with Gasteiger partial charge in [0.25, 0.3) is 0 Å². The summed E-state index contributed by atoms with van der Waals surface area (Å²) in [5.74, 6) is 0. The van der Waals surface area contributed by atoms with Gasteiger partial charge in [-0.1, -0.05) is 138 Å². The quantitative estimate of drug-likeness (QED) is 0.181. The Hall–Kier alpha value is -5.58. The standard InChI is InChI=1S/C44H33BN2Si/c1-48(2)42-24-11-8-20-37(42)45-36-19-7-10-22-40(36)47(41-23-13-25-43(48)44(41)45)33-17-12-14-30(28-33)31-26-27-39-35(29-31)34-18-6-9-21-38(34)46(39)32-15-4-3-5-16-32/h3-29H,1-2H3. The lowest BCUT2D eigenvalue weighted by atomic mass is 9.35. The van der Waals surface area contributed by atoms with Gasteiger partial charge in [0.1, 0.15) is 8.07 Å². The largest absolute Gasteiger partial charge is 0.312 e. The smallest absolute Gasteiger partial charge is 0.246 e. The second kappa shape index (κ2) is 10.2. The molecule has 7 aromatic carbocycles. The molecule has 2 aliphatic heterocycles. The average Bonchev–Trinajstić information content (AvgIpc) is 3.47. The first-order valence-electron chi connectivity index (χ1n) is 16.9. The Kier molecular flexibility index (Phi) is 5.85. The van der Waals surface area contributed by atoms with Crippen molar-refractivity contribution in [2.75, 3.05) is 4.90 Å². The van der Waals surface area contributed by atoms with Gasteiger partial charge in [-0.2, -0.15) is 0 Å². The van der Waals surface area contributed by atoms with Crippen molar-refractivity contribution in [1.82, 2.24) is 4.57 Å². The molecule has 4 heteroatoms. The van der Waals surface area contributed by atoms with Crippen LogP contribution in [0.4, 0.5) is 17.1 Å². The number of rotatable bonds is 3. The minimum absolute atomic E-state index is 0.243. The van der Waals surface area contributed by atoms with E-state index in [1.54, 1.807) is 10.4 Å². The van der Waals surface area contributed by atoms with Gasteiger partial charge in [0.15, 0.2) is 0 Å². The fourth-order valence-corrected chi connectivity index (χ4v) is 11.9. The van der Waals surface area contributed by atoms with E-state index < -0.39 is 8.07 Å². The van der Waals surface area contributed by atoms with Crippen LogP contribution >= 0.6 is 0 Å². The average molecular weight is 629 g/mol. The summed E-state index contributed by atoms with van der Waals surface area (Å²) >= 11 is 0. The monoisotopic (exact) mass is 628 g/mol. The molecule has 0 saturated carbocycles. The highest BCUT2D eigenvalue weighted by molar-refractivity contribution is 7.15. The molecular formula is C44H33BN2Si. The minimum atomic E-state index is -1.90. The molecule has 48 heavy (non-hydrogen) atoms. The molecule has 226 valence electrons. The van der Waals surface area contributed by atoms with E-state index in [0.29, 0.717) is 0 Å². The van der Waals surface area contributed by atoms with Gasteiger partial charge < -0.3 is 9.47 Å². The number of hydrogen-bond acceptors (Lipinski definition) is 1. The van der Waals surface area contributed by atoms with Crippen LogP contribution in [0, 0.1) is 0 Å². The van der Waals surface area contributed by atoms with Crippen LogP contribution in [0.1, 0.15) is 0 Å². The van der Waals surface area contributed by atoms with Crippen LogP contribution in [-0.4, -0.2) is 19.4 Å². The Bertz CT molecular complexity index is 2570. The first-order valence-corrected chi connectivity index (χ1v) is 19.9. The first-order chi connectivity index (χ1) is 23.6. The number of fused-ring (bicyclic) bond motifs is 7. The molecule has 2 aliphatic rings. The molecule has 0 amide bonds. The molecule has 3 heterocycles. The lowest BCUT2D eigenvalue weighted by molar-refractivity contribution is 1.18. The fourth-order valence-electron chi connectivity index (χ4n) is 8.71. The highest BCUT2D eigenvalue weighted by Gasteiger charge is 2.46.